The average molecular weight is 364 g/mol. The zero-order valence-electron chi connectivity index (χ0n) is 15.9. The number of likely N-dealkylation sites (N-methyl/N-ethyl adjacent to an activating group) is 1. The molecule has 1 atom stereocenters. The Balaban J connectivity index is 1.60. The quantitative estimate of drug-likeness (QED) is 0.644. The van der Waals surface area contributed by atoms with Gasteiger partial charge in [-0.25, -0.2) is 9.67 Å². The summed E-state index contributed by atoms with van der Waals surface area (Å²) in [5.74, 6) is 0.658. The van der Waals surface area contributed by atoms with Crippen molar-refractivity contribution in [3.05, 3.63) is 72.3 Å². The molecular formula is C21H24N4O2. The summed E-state index contributed by atoms with van der Waals surface area (Å²) in [5, 5.41) is 4.11. The summed E-state index contributed by atoms with van der Waals surface area (Å²) in [6.45, 7) is 4.11. The van der Waals surface area contributed by atoms with Crippen LogP contribution in [0.25, 0.3) is 5.69 Å². The van der Waals surface area contributed by atoms with Gasteiger partial charge in [0.1, 0.15) is 18.4 Å². The lowest BCUT2D eigenvalue weighted by Gasteiger charge is -2.25. The van der Waals surface area contributed by atoms with Gasteiger partial charge in [-0.05, 0) is 48.7 Å². The summed E-state index contributed by atoms with van der Waals surface area (Å²) < 4.78 is 7.37. The van der Waals surface area contributed by atoms with E-state index in [1.807, 2.05) is 55.5 Å². The number of hydrogen-bond donors (Lipinski definition) is 0. The number of nitrogens with zero attached hydrogens (tertiary/aromatic N) is 4. The summed E-state index contributed by atoms with van der Waals surface area (Å²) in [4.78, 5) is 18.2. The molecule has 1 heterocycles. The number of carbonyl (C=O) groups is 1. The molecule has 0 N–H and O–H groups in total. The predicted octanol–water partition coefficient (Wildman–Crippen LogP) is 3.43. The monoisotopic (exact) mass is 364 g/mol. The van der Waals surface area contributed by atoms with Gasteiger partial charge < -0.3 is 9.64 Å². The number of rotatable bonds is 7. The van der Waals surface area contributed by atoms with Crippen LogP contribution in [0.15, 0.2) is 61.2 Å². The van der Waals surface area contributed by atoms with Crippen LogP contribution < -0.4 is 4.74 Å². The minimum absolute atomic E-state index is 0.0189. The molecule has 0 aliphatic rings. The average Bonchev–Trinajstić information content (AvgIpc) is 3.26. The van der Waals surface area contributed by atoms with Gasteiger partial charge in [0, 0.05) is 7.05 Å². The number of ether oxygens (including phenoxy) is 1. The Kier molecular flexibility index (Phi) is 5.86. The molecule has 0 aliphatic heterocycles. The van der Waals surface area contributed by atoms with Crippen LogP contribution in [0.4, 0.5) is 0 Å². The van der Waals surface area contributed by atoms with E-state index in [1.54, 1.807) is 23.0 Å². The molecule has 2 aromatic carbocycles. The van der Waals surface area contributed by atoms with Gasteiger partial charge in [0.2, 0.25) is 0 Å². The first-order valence-corrected chi connectivity index (χ1v) is 9.01. The second kappa shape index (κ2) is 8.49. The first-order valence-electron chi connectivity index (χ1n) is 9.01. The Morgan fingerprint density at radius 3 is 2.67 bits per heavy atom. The molecule has 1 aromatic heterocycles. The standard InChI is InChI=1S/C21H24N4O2/c1-4-17-6-5-7-20(12-17)27-13-21(26)24(3)16(2)18-8-10-19(11-9-18)25-15-22-14-23-25/h5-12,14-16H,4,13H2,1-3H3. The molecule has 3 rings (SSSR count). The van der Waals surface area contributed by atoms with Crippen molar-refractivity contribution in [2.45, 2.75) is 26.3 Å². The lowest BCUT2D eigenvalue weighted by molar-refractivity contribution is -0.134. The molecule has 3 aromatic rings. The fourth-order valence-electron chi connectivity index (χ4n) is 2.79. The van der Waals surface area contributed by atoms with Gasteiger partial charge in [-0.3, -0.25) is 4.79 Å². The maximum absolute atomic E-state index is 12.5. The van der Waals surface area contributed by atoms with Crippen LogP contribution in [0.3, 0.4) is 0 Å². The highest BCUT2D eigenvalue weighted by Gasteiger charge is 2.18. The van der Waals surface area contributed by atoms with Crippen LogP contribution in [0.5, 0.6) is 5.75 Å². The second-order valence-electron chi connectivity index (χ2n) is 6.40. The molecule has 0 bridgehead atoms. The van der Waals surface area contributed by atoms with E-state index in [1.165, 1.54) is 11.9 Å². The highest BCUT2D eigenvalue weighted by molar-refractivity contribution is 5.78. The van der Waals surface area contributed by atoms with E-state index in [2.05, 4.69) is 17.0 Å². The summed E-state index contributed by atoms with van der Waals surface area (Å²) >= 11 is 0. The largest absolute Gasteiger partial charge is 0.484 e. The molecule has 1 unspecified atom stereocenters. The van der Waals surface area contributed by atoms with Crippen molar-refractivity contribution in [2.24, 2.45) is 0 Å². The summed E-state index contributed by atoms with van der Waals surface area (Å²) in [6, 6.07) is 15.7. The lowest BCUT2D eigenvalue weighted by Crippen LogP contribution is -2.33. The van der Waals surface area contributed by atoms with Gasteiger partial charge >= 0.3 is 0 Å². The fourth-order valence-corrected chi connectivity index (χ4v) is 2.79. The van der Waals surface area contributed by atoms with Crippen molar-refractivity contribution in [2.75, 3.05) is 13.7 Å². The maximum atomic E-state index is 12.5. The Morgan fingerprint density at radius 1 is 1.22 bits per heavy atom. The van der Waals surface area contributed by atoms with Crippen molar-refractivity contribution in [3.63, 3.8) is 0 Å². The number of hydrogen-bond acceptors (Lipinski definition) is 4. The number of aryl methyl sites for hydroxylation is 1. The normalized spacial score (nSPS) is 11.8. The van der Waals surface area contributed by atoms with Crippen LogP contribution in [-0.4, -0.2) is 39.2 Å². The Morgan fingerprint density at radius 2 is 2.00 bits per heavy atom. The third-order valence-corrected chi connectivity index (χ3v) is 4.70. The zero-order valence-corrected chi connectivity index (χ0v) is 15.9. The summed E-state index contributed by atoms with van der Waals surface area (Å²) in [7, 11) is 1.80. The smallest absolute Gasteiger partial charge is 0.260 e. The highest BCUT2D eigenvalue weighted by atomic mass is 16.5. The van der Waals surface area contributed by atoms with Crippen LogP contribution in [-0.2, 0) is 11.2 Å². The third-order valence-electron chi connectivity index (χ3n) is 4.70. The molecule has 27 heavy (non-hydrogen) atoms. The zero-order chi connectivity index (χ0) is 19.2. The van der Waals surface area contributed by atoms with Crippen molar-refractivity contribution in [1.82, 2.24) is 19.7 Å². The van der Waals surface area contributed by atoms with Crippen LogP contribution in [0.2, 0.25) is 0 Å². The van der Waals surface area contributed by atoms with Crippen LogP contribution in [0, 0.1) is 0 Å². The van der Waals surface area contributed by atoms with Gasteiger partial charge in [-0.2, -0.15) is 5.10 Å². The minimum atomic E-state index is -0.0650. The van der Waals surface area contributed by atoms with E-state index in [-0.39, 0.29) is 18.6 Å². The third kappa shape index (κ3) is 4.53. The summed E-state index contributed by atoms with van der Waals surface area (Å²) in [6.07, 6.45) is 4.09. The SMILES string of the molecule is CCc1cccc(OCC(=O)N(C)C(C)c2ccc(-n3cncn3)cc2)c1. The molecule has 0 radical (unpaired) electrons. The molecule has 0 fully saturated rings. The molecule has 1 amide bonds. The number of aromatic nitrogens is 3. The maximum Gasteiger partial charge on any atom is 0.260 e. The topological polar surface area (TPSA) is 60.2 Å². The predicted molar refractivity (Wildman–Crippen MR) is 104 cm³/mol. The Labute approximate surface area is 159 Å². The van der Waals surface area contributed by atoms with E-state index < -0.39 is 0 Å². The van der Waals surface area contributed by atoms with E-state index >= 15 is 0 Å². The molecular weight excluding hydrogens is 340 g/mol. The van der Waals surface area contributed by atoms with Gasteiger partial charge in [0.15, 0.2) is 6.61 Å². The van der Waals surface area contributed by atoms with Crippen LogP contribution >= 0.6 is 0 Å². The molecule has 0 aliphatic carbocycles. The van der Waals surface area contributed by atoms with E-state index in [9.17, 15) is 4.79 Å². The van der Waals surface area contributed by atoms with Crippen molar-refractivity contribution < 1.29 is 9.53 Å². The van der Waals surface area contributed by atoms with Crippen molar-refractivity contribution in [1.29, 1.82) is 0 Å². The number of amides is 1. The van der Waals surface area contributed by atoms with Gasteiger partial charge in [-0.1, -0.05) is 31.2 Å². The second-order valence-corrected chi connectivity index (χ2v) is 6.40. The van der Waals surface area contributed by atoms with E-state index in [0.29, 0.717) is 0 Å². The first kappa shape index (κ1) is 18.6. The number of benzene rings is 2. The highest BCUT2D eigenvalue weighted by Crippen LogP contribution is 2.21. The molecule has 6 heteroatoms. The summed E-state index contributed by atoms with van der Waals surface area (Å²) in [5.41, 5.74) is 3.16. The van der Waals surface area contributed by atoms with Gasteiger partial charge in [0.05, 0.1) is 11.7 Å². The van der Waals surface area contributed by atoms with Crippen molar-refractivity contribution >= 4 is 5.91 Å². The Hall–Kier alpha value is -3.15. The van der Waals surface area contributed by atoms with Gasteiger partial charge in [-0.15, -0.1) is 0 Å². The van der Waals surface area contributed by atoms with Gasteiger partial charge in [0.25, 0.3) is 5.91 Å². The molecule has 0 saturated carbocycles. The lowest BCUT2D eigenvalue weighted by atomic mass is 10.1. The molecule has 140 valence electrons. The number of carbonyl (C=O) groups excluding carboxylic acids is 1. The first-order chi connectivity index (χ1) is 13.1. The molecule has 6 nitrogen and oxygen atoms in total. The van der Waals surface area contributed by atoms with Crippen molar-refractivity contribution in [3.8, 4) is 11.4 Å². The van der Waals surface area contributed by atoms with Crippen LogP contribution in [0.1, 0.15) is 31.0 Å². The fraction of sp³-hybridized carbons (Fsp3) is 0.286. The minimum Gasteiger partial charge on any atom is -0.484 e. The van der Waals surface area contributed by atoms with E-state index in [4.69, 9.17) is 4.74 Å². The Bertz CT molecular complexity index is 875. The molecule has 0 spiro atoms. The van der Waals surface area contributed by atoms with E-state index in [0.717, 1.165) is 23.4 Å². The molecule has 0 saturated heterocycles.